The molecule has 2 N–H and O–H groups in total. The SMILES string of the molecule is CCC(CNC(=NC)NCCCOC)Oc1ccccc1.I. The van der Waals surface area contributed by atoms with Gasteiger partial charge in [-0.05, 0) is 25.0 Å². The van der Waals surface area contributed by atoms with Crippen LogP contribution in [0.25, 0.3) is 0 Å². The third-order valence-corrected chi connectivity index (χ3v) is 3.04. The maximum absolute atomic E-state index is 5.94. The van der Waals surface area contributed by atoms with Gasteiger partial charge in [-0.25, -0.2) is 0 Å². The van der Waals surface area contributed by atoms with E-state index in [9.17, 15) is 0 Å². The lowest BCUT2D eigenvalue weighted by Crippen LogP contribution is -2.42. The minimum Gasteiger partial charge on any atom is -0.489 e. The van der Waals surface area contributed by atoms with Gasteiger partial charge in [-0.15, -0.1) is 24.0 Å². The Labute approximate surface area is 150 Å². The molecule has 1 rings (SSSR count). The molecule has 0 saturated carbocycles. The fourth-order valence-electron chi connectivity index (χ4n) is 1.82. The van der Waals surface area contributed by atoms with E-state index in [0.29, 0.717) is 0 Å². The molecule has 0 aliphatic rings. The van der Waals surface area contributed by atoms with Gasteiger partial charge in [-0.1, -0.05) is 25.1 Å². The van der Waals surface area contributed by atoms with Gasteiger partial charge in [0.05, 0.1) is 6.54 Å². The fraction of sp³-hybridized carbons (Fsp3) is 0.562. The third-order valence-electron chi connectivity index (χ3n) is 3.04. The van der Waals surface area contributed by atoms with Crippen molar-refractivity contribution in [2.75, 3.05) is 33.9 Å². The fourth-order valence-corrected chi connectivity index (χ4v) is 1.82. The zero-order valence-corrected chi connectivity index (χ0v) is 16.0. The number of nitrogens with zero attached hydrogens (tertiary/aromatic N) is 1. The second-order valence-electron chi connectivity index (χ2n) is 4.69. The number of aliphatic imine (C=N–C) groups is 1. The molecule has 1 aromatic rings. The molecule has 6 heteroatoms. The molecule has 126 valence electrons. The molecule has 0 aliphatic heterocycles. The molecular weight excluding hydrogens is 393 g/mol. The topological polar surface area (TPSA) is 54.9 Å². The molecule has 0 heterocycles. The molecule has 0 fully saturated rings. The zero-order chi connectivity index (χ0) is 15.3. The van der Waals surface area contributed by atoms with Gasteiger partial charge in [0.15, 0.2) is 5.96 Å². The van der Waals surface area contributed by atoms with Crippen LogP contribution in [-0.4, -0.2) is 45.9 Å². The number of hydrogen-bond acceptors (Lipinski definition) is 3. The molecule has 1 aromatic carbocycles. The summed E-state index contributed by atoms with van der Waals surface area (Å²) in [5, 5.41) is 6.54. The standard InChI is InChI=1S/C16H27N3O2.HI/c1-4-14(21-15-9-6-5-7-10-15)13-19-16(17-2)18-11-8-12-20-3;/h5-7,9-10,14H,4,8,11-13H2,1-3H3,(H2,17,18,19);1H. The summed E-state index contributed by atoms with van der Waals surface area (Å²) in [4.78, 5) is 4.20. The van der Waals surface area contributed by atoms with Gasteiger partial charge >= 0.3 is 0 Å². The molecule has 0 spiro atoms. The van der Waals surface area contributed by atoms with Crippen LogP contribution in [0.3, 0.4) is 0 Å². The number of hydrogen-bond donors (Lipinski definition) is 2. The van der Waals surface area contributed by atoms with Gasteiger partial charge < -0.3 is 20.1 Å². The highest BCUT2D eigenvalue weighted by Crippen LogP contribution is 2.11. The quantitative estimate of drug-likeness (QED) is 0.279. The molecule has 22 heavy (non-hydrogen) atoms. The average molecular weight is 421 g/mol. The monoisotopic (exact) mass is 421 g/mol. The number of benzene rings is 1. The van der Waals surface area contributed by atoms with E-state index < -0.39 is 0 Å². The van der Waals surface area contributed by atoms with E-state index >= 15 is 0 Å². The van der Waals surface area contributed by atoms with Crippen LogP contribution in [0, 0.1) is 0 Å². The lowest BCUT2D eigenvalue weighted by Gasteiger charge is -2.20. The number of guanidine groups is 1. The highest BCUT2D eigenvalue weighted by molar-refractivity contribution is 14.0. The summed E-state index contributed by atoms with van der Waals surface area (Å²) in [6.45, 7) is 4.42. The van der Waals surface area contributed by atoms with Crippen LogP contribution in [0.5, 0.6) is 5.75 Å². The second-order valence-corrected chi connectivity index (χ2v) is 4.69. The molecule has 1 atom stereocenters. The first-order valence-electron chi connectivity index (χ1n) is 7.45. The zero-order valence-electron chi connectivity index (χ0n) is 13.7. The van der Waals surface area contributed by atoms with Crippen molar-refractivity contribution >= 4 is 29.9 Å². The van der Waals surface area contributed by atoms with E-state index in [2.05, 4.69) is 22.5 Å². The molecule has 1 unspecified atom stereocenters. The molecule has 0 bridgehead atoms. The van der Waals surface area contributed by atoms with Crippen molar-refractivity contribution in [3.8, 4) is 5.75 Å². The van der Waals surface area contributed by atoms with E-state index in [1.165, 1.54) is 0 Å². The Hall–Kier alpha value is -1.02. The van der Waals surface area contributed by atoms with Gasteiger partial charge in [0.25, 0.3) is 0 Å². The Morgan fingerprint density at radius 1 is 1.23 bits per heavy atom. The number of rotatable bonds is 9. The molecule has 5 nitrogen and oxygen atoms in total. The third kappa shape index (κ3) is 9.09. The largest absolute Gasteiger partial charge is 0.489 e. The van der Waals surface area contributed by atoms with Crippen LogP contribution >= 0.6 is 24.0 Å². The first-order valence-corrected chi connectivity index (χ1v) is 7.45. The van der Waals surface area contributed by atoms with Crippen LogP contribution < -0.4 is 15.4 Å². The maximum Gasteiger partial charge on any atom is 0.191 e. The predicted molar refractivity (Wildman–Crippen MR) is 102 cm³/mol. The minimum absolute atomic E-state index is 0. The molecule has 0 aliphatic carbocycles. The van der Waals surface area contributed by atoms with Crippen LogP contribution in [0.2, 0.25) is 0 Å². The summed E-state index contributed by atoms with van der Waals surface area (Å²) in [5.74, 6) is 1.69. The Balaban J connectivity index is 0.00000441. The number of ether oxygens (including phenoxy) is 2. The van der Waals surface area contributed by atoms with Crippen molar-refractivity contribution in [1.82, 2.24) is 10.6 Å². The van der Waals surface area contributed by atoms with E-state index in [0.717, 1.165) is 44.2 Å². The normalized spacial score (nSPS) is 12.2. The summed E-state index contributed by atoms with van der Waals surface area (Å²) < 4.78 is 11.0. The lowest BCUT2D eigenvalue weighted by atomic mass is 10.2. The van der Waals surface area contributed by atoms with Crippen molar-refractivity contribution in [3.63, 3.8) is 0 Å². The average Bonchev–Trinajstić information content (AvgIpc) is 2.54. The molecule has 0 saturated heterocycles. The summed E-state index contributed by atoms with van der Waals surface area (Å²) in [5.41, 5.74) is 0. The molecule has 0 amide bonds. The number of halogens is 1. The summed E-state index contributed by atoms with van der Waals surface area (Å²) in [7, 11) is 3.48. The van der Waals surface area contributed by atoms with Crippen LogP contribution in [0.4, 0.5) is 0 Å². The van der Waals surface area contributed by atoms with Crippen molar-refractivity contribution < 1.29 is 9.47 Å². The Morgan fingerprint density at radius 2 is 1.95 bits per heavy atom. The first kappa shape index (κ1) is 21.0. The van der Waals surface area contributed by atoms with Crippen molar-refractivity contribution in [2.24, 2.45) is 4.99 Å². The predicted octanol–water partition coefficient (Wildman–Crippen LogP) is 2.66. The van der Waals surface area contributed by atoms with Gasteiger partial charge in [0.1, 0.15) is 11.9 Å². The van der Waals surface area contributed by atoms with Gasteiger partial charge in [0.2, 0.25) is 0 Å². The van der Waals surface area contributed by atoms with Crippen molar-refractivity contribution in [3.05, 3.63) is 30.3 Å². The van der Waals surface area contributed by atoms with Crippen molar-refractivity contribution in [2.45, 2.75) is 25.9 Å². The second kappa shape index (κ2) is 13.6. The van der Waals surface area contributed by atoms with E-state index in [1.807, 2.05) is 30.3 Å². The summed E-state index contributed by atoms with van der Waals surface area (Å²) in [6, 6.07) is 9.89. The number of methoxy groups -OCH3 is 1. The van der Waals surface area contributed by atoms with E-state index in [1.54, 1.807) is 14.2 Å². The van der Waals surface area contributed by atoms with Crippen molar-refractivity contribution in [1.29, 1.82) is 0 Å². The van der Waals surface area contributed by atoms with Gasteiger partial charge in [0, 0.05) is 27.3 Å². The number of nitrogens with one attached hydrogen (secondary N) is 2. The summed E-state index contributed by atoms with van der Waals surface area (Å²) in [6.07, 6.45) is 2.00. The minimum atomic E-state index is 0. The Kier molecular flexibility index (Phi) is 13.0. The van der Waals surface area contributed by atoms with E-state index in [-0.39, 0.29) is 30.1 Å². The Morgan fingerprint density at radius 3 is 2.55 bits per heavy atom. The number of para-hydroxylation sites is 1. The van der Waals surface area contributed by atoms with Crippen LogP contribution in [0.1, 0.15) is 19.8 Å². The highest BCUT2D eigenvalue weighted by Gasteiger charge is 2.08. The van der Waals surface area contributed by atoms with E-state index in [4.69, 9.17) is 9.47 Å². The van der Waals surface area contributed by atoms with Crippen LogP contribution in [-0.2, 0) is 4.74 Å². The lowest BCUT2D eigenvalue weighted by molar-refractivity contribution is 0.194. The van der Waals surface area contributed by atoms with Crippen LogP contribution in [0.15, 0.2) is 35.3 Å². The highest BCUT2D eigenvalue weighted by atomic mass is 127. The van der Waals surface area contributed by atoms with Gasteiger partial charge in [-0.3, -0.25) is 4.99 Å². The van der Waals surface area contributed by atoms with Gasteiger partial charge in [-0.2, -0.15) is 0 Å². The Bertz CT molecular complexity index is 402. The first-order chi connectivity index (χ1) is 10.3. The molecule has 0 radical (unpaired) electrons. The smallest absolute Gasteiger partial charge is 0.191 e. The maximum atomic E-state index is 5.94. The molecule has 0 aromatic heterocycles. The molecular formula is C16H28IN3O2. The summed E-state index contributed by atoms with van der Waals surface area (Å²) >= 11 is 0.